The molecule has 0 bridgehead atoms. The largest absolute Gasteiger partial charge is 0.288 e. The number of hydrogen-bond acceptors (Lipinski definition) is 3. The number of amides is 1. The van der Waals surface area contributed by atoms with E-state index in [1.807, 2.05) is 70.9 Å². The standard InChI is InChI=1S/C20H20N2OS/c1-2-13-22(19(23)14-16-9-5-3-6-10-16)20-21-18(15-24-20)17-11-7-4-8-12-17/h3-12,15H,2,13-14H2,1H3. The van der Waals surface area contributed by atoms with Crippen molar-refractivity contribution >= 4 is 22.4 Å². The topological polar surface area (TPSA) is 33.2 Å². The Morgan fingerprint density at radius 3 is 2.38 bits per heavy atom. The van der Waals surface area contributed by atoms with Crippen LogP contribution in [-0.4, -0.2) is 17.4 Å². The molecule has 3 aromatic rings. The number of nitrogens with zero attached hydrogens (tertiary/aromatic N) is 2. The van der Waals surface area contributed by atoms with Gasteiger partial charge in [0.05, 0.1) is 12.1 Å². The monoisotopic (exact) mass is 336 g/mol. The van der Waals surface area contributed by atoms with Crippen LogP contribution in [0.25, 0.3) is 11.3 Å². The molecule has 1 aromatic heterocycles. The quantitative estimate of drug-likeness (QED) is 0.648. The fraction of sp³-hybridized carbons (Fsp3) is 0.200. The Morgan fingerprint density at radius 2 is 1.71 bits per heavy atom. The molecule has 0 saturated heterocycles. The van der Waals surface area contributed by atoms with Gasteiger partial charge in [-0.05, 0) is 12.0 Å². The minimum absolute atomic E-state index is 0.0945. The lowest BCUT2D eigenvalue weighted by molar-refractivity contribution is -0.118. The molecule has 0 saturated carbocycles. The zero-order chi connectivity index (χ0) is 16.8. The summed E-state index contributed by atoms with van der Waals surface area (Å²) in [6, 6.07) is 19.9. The van der Waals surface area contributed by atoms with E-state index in [1.54, 1.807) is 0 Å². The van der Waals surface area contributed by atoms with Crippen LogP contribution in [0.15, 0.2) is 66.0 Å². The molecule has 0 fully saturated rings. The van der Waals surface area contributed by atoms with Gasteiger partial charge in [-0.3, -0.25) is 9.69 Å². The minimum Gasteiger partial charge on any atom is -0.288 e. The molecular formula is C20H20N2OS. The minimum atomic E-state index is 0.0945. The van der Waals surface area contributed by atoms with Gasteiger partial charge in [0.15, 0.2) is 5.13 Å². The second kappa shape index (κ2) is 7.88. The highest BCUT2D eigenvalue weighted by Crippen LogP contribution is 2.28. The molecule has 3 rings (SSSR count). The third-order valence-corrected chi connectivity index (χ3v) is 4.60. The van der Waals surface area contributed by atoms with E-state index in [9.17, 15) is 4.79 Å². The Balaban J connectivity index is 1.80. The third-order valence-electron chi connectivity index (χ3n) is 3.74. The summed E-state index contributed by atoms with van der Waals surface area (Å²) in [7, 11) is 0. The molecule has 122 valence electrons. The molecule has 0 radical (unpaired) electrons. The number of anilines is 1. The van der Waals surface area contributed by atoms with Crippen molar-refractivity contribution in [3.05, 3.63) is 71.6 Å². The second-order valence-corrected chi connectivity index (χ2v) is 6.43. The first kappa shape index (κ1) is 16.4. The maximum atomic E-state index is 12.7. The van der Waals surface area contributed by atoms with Gasteiger partial charge in [-0.25, -0.2) is 4.98 Å². The lowest BCUT2D eigenvalue weighted by atomic mass is 10.1. The molecule has 24 heavy (non-hydrogen) atoms. The van der Waals surface area contributed by atoms with E-state index in [0.717, 1.165) is 28.4 Å². The average Bonchev–Trinajstić information content (AvgIpc) is 3.11. The van der Waals surface area contributed by atoms with Crippen molar-refractivity contribution in [2.45, 2.75) is 19.8 Å². The van der Waals surface area contributed by atoms with E-state index in [-0.39, 0.29) is 5.91 Å². The van der Waals surface area contributed by atoms with Crippen molar-refractivity contribution in [1.82, 2.24) is 4.98 Å². The van der Waals surface area contributed by atoms with Crippen molar-refractivity contribution in [1.29, 1.82) is 0 Å². The van der Waals surface area contributed by atoms with Gasteiger partial charge < -0.3 is 0 Å². The lowest BCUT2D eigenvalue weighted by Gasteiger charge is -2.19. The fourth-order valence-corrected chi connectivity index (χ4v) is 3.42. The molecule has 0 aliphatic carbocycles. The zero-order valence-corrected chi connectivity index (χ0v) is 14.5. The van der Waals surface area contributed by atoms with Gasteiger partial charge in [0, 0.05) is 17.5 Å². The van der Waals surface area contributed by atoms with E-state index >= 15 is 0 Å². The molecule has 1 amide bonds. The molecule has 3 nitrogen and oxygen atoms in total. The molecule has 4 heteroatoms. The van der Waals surface area contributed by atoms with Gasteiger partial charge in [0.25, 0.3) is 0 Å². The Kier molecular flexibility index (Phi) is 5.39. The molecule has 0 atom stereocenters. The van der Waals surface area contributed by atoms with Gasteiger partial charge in [-0.15, -0.1) is 11.3 Å². The number of carbonyl (C=O) groups excluding carboxylic acids is 1. The van der Waals surface area contributed by atoms with Crippen LogP contribution in [0.1, 0.15) is 18.9 Å². The third kappa shape index (κ3) is 3.89. The van der Waals surface area contributed by atoms with E-state index < -0.39 is 0 Å². The van der Waals surface area contributed by atoms with Crippen molar-refractivity contribution < 1.29 is 4.79 Å². The van der Waals surface area contributed by atoms with E-state index in [2.05, 4.69) is 11.9 Å². The van der Waals surface area contributed by atoms with Crippen LogP contribution in [0.2, 0.25) is 0 Å². The van der Waals surface area contributed by atoms with E-state index in [0.29, 0.717) is 13.0 Å². The number of aromatic nitrogens is 1. The SMILES string of the molecule is CCCN(C(=O)Cc1ccccc1)c1nc(-c2ccccc2)cs1. The first-order chi connectivity index (χ1) is 11.8. The molecule has 0 spiro atoms. The van der Waals surface area contributed by atoms with Crippen LogP contribution in [-0.2, 0) is 11.2 Å². The van der Waals surface area contributed by atoms with Gasteiger partial charge in [0.1, 0.15) is 0 Å². The number of carbonyl (C=O) groups is 1. The zero-order valence-electron chi connectivity index (χ0n) is 13.7. The molecule has 2 aromatic carbocycles. The van der Waals surface area contributed by atoms with Crippen molar-refractivity contribution in [2.24, 2.45) is 0 Å². The molecule has 0 aliphatic heterocycles. The Bertz CT molecular complexity index is 784. The maximum Gasteiger partial charge on any atom is 0.233 e. The molecule has 0 aliphatic rings. The first-order valence-corrected chi connectivity index (χ1v) is 9.01. The Hall–Kier alpha value is -2.46. The highest BCUT2D eigenvalue weighted by molar-refractivity contribution is 7.14. The van der Waals surface area contributed by atoms with Crippen molar-refractivity contribution in [2.75, 3.05) is 11.4 Å². The van der Waals surface area contributed by atoms with E-state index in [4.69, 9.17) is 0 Å². The highest BCUT2D eigenvalue weighted by Gasteiger charge is 2.19. The number of rotatable bonds is 6. The lowest BCUT2D eigenvalue weighted by Crippen LogP contribution is -2.32. The van der Waals surface area contributed by atoms with Crippen LogP contribution in [0, 0.1) is 0 Å². The average molecular weight is 336 g/mol. The summed E-state index contributed by atoms with van der Waals surface area (Å²) < 4.78 is 0. The normalized spacial score (nSPS) is 10.5. The predicted octanol–water partition coefficient (Wildman–Crippen LogP) is 4.80. The Labute approximate surface area is 146 Å². The summed E-state index contributed by atoms with van der Waals surface area (Å²) in [6.45, 7) is 2.77. The van der Waals surface area contributed by atoms with Gasteiger partial charge >= 0.3 is 0 Å². The highest BCUT2D eigenvalue weighted by atomic mass is 32.1. The molecule has 0 unspecified atom stereocenters. The van der Waals surface area contributed by atoms with Crippen LogP contribution in [0.3, 0.4) is 0 Å². The van der Waals surface area contributed by atoms with Gasteiger partial charge in [-0.2, -0.15) is 0 Å². The van der Waals surface area contributed by atoms with Crippen LogP contribution in [0.5, 0.6) is 0 Å². The molecular weight excluding hydrogens is 316 g/mol. The summed E-state index contributed by atoms with van der Waals surface area (Å²) in [5.74, 6) is 0.0945. The predicted molar refractivity (Wildman–Crippen MR) is 100 cm³/mol. The fourth-order valence-electron chi connectivity index (χ4n) is 2.55. The summed E-state index contributed by atoms with van der Waals surface area (Å²) in [6.07, 6.45) is 1.31. The maximum absolute atomic E-state index is 12.7. The Morgan fingerprint density at radius 1 is 1.04 bits per heavy atom. The van der Waals surface area contributed by atoms with Crippen LogP contribution < -0.4 is 4.90 Å². The number of hydrogen-bond donors (Lipinski definition) is 0. The number of benzene rings is 2. The van der Waals surface area contributed by atoms with E-state index in [1.165, 1.54) is 11.3 Å². The van der Waals surface area contributed by atoms with Gasteiger partial charge in [-0.1, -0.05) is 67.6 Å². The summed E-state index contributed by atoms with van der Waals surface area (Å²) in [4.78, 5) is 19.2. The van der Waals surface area contributed by atoms with Crippen LogP contribution >= 0.6 is 11.3 Å². The van der Waals surface area contributed by atoms with Crippen molar-refractivity contribution in [3.8, 4) is 11.3 Å². The second-order valence-electron chi connectivity index (χ2n) is 5.59. The van der Waals surface area contributed by atoms with Crippen molar-refractivity contribution in [3.63, 3.8) is 0 Å². The summed E-state index contributed by atoms with van der Waals surface area (Å²) >= 11 is 1.53. The molecule has 1 heterocycles. The smallest absolute Gasteiger partial charge is 0.233 e. The summed E-state index contributed by atoms with van der Waals surface area (Å²) in [5.41, 5.74) is 3.03. The molecule has 0 N–H and O–H groups in total. The number of thiazole rings is 1. The summed E-state index contributed by atoms with van der Waals surface area (Å²) in [5, 5.41) is 2.79. The van der Waals surface area contributed by atoms with Gasteiger partial charge in [0.2, 0.25) is 5.91 Å². The van der Waals surface area contributed by atoms with Crippen LogP contribution in [0.4, 0.5) is 5.13 Å². The first-order valence-electron chi connectivity index (χ1n) is 8.13.